The zero-order valence-electron chi connectivity index (χ0n) is 18.0. The maximum atomic E-state index is 13.4. The molecule has 0 fully saturated rings. The second kappa shape index (κ2) is 7.82. The summed E-state index contributed by atoms with van der Waals surface area (Å²) in [4.78, 5) is 33.1. The molecule has 0 radical (unpaired) electrons. The summed E-state index contributed by atoms with van der Waals surface area (Å²) >= 11 is 0. The van der Waals surface area contributed by atoms with Gasteiger partial charge in [-0.1, -0.05) is 72.8 Å². The number of pyridine rings is 1. The van der Waals surface area contributed by atoms with Gasteiger partial charge in [-0.05, 0) is 48.2 Å². The lowest BCUT2D eigenvalue weighted by Gasteiger charge is -2.33. The average Bonchev–Trinajstić information content (AvgIpc) is 3.11. The van der Waals surface area contributed by atoms with E-state index in [4.69, 9.17) is 4.98 Å². The molecular weight excluding hydrogens is 408 g/mol. The van der Waals surface area contributed by atoms with Crippen LogP contribution >= 0.6 is 0 Å². The molecule has 4 aromatic rings. The Kier molecular flexibility index (Phi) is 4.65. The smallest absolute Gasteiger partial charge is 0.261 e. The molecule has 0 saturated carbocycles. The third-order valence-electron chi connectivity index (χ3n) is 6.73. The van der Waals surface area contributed by atoms with E-state index in [1.807, 2.05) is 48.5 Å². The summed E-state index contributed by atoms with van der Waals surface area (Å²) in [5, 5.41) is 1.11. The zero-order chi connectivity index (χ0) is 22.4. The van der Waals surface area contributed by atoms with E-state index in [2.05, 4.69) is 36.4 Å². The fourth-order valence-corrected chi connectivity index (χ4v) is 5.06. The van der Waals surface area contributed by atoms with Crippen LogP contribution in [0.1, 0.15) is 37.5 Å². The SMILES string of the molecule is O=C1c2ccccc2C(=O)N1[C@H](Cc1ccccc1)[C@H]1C=Cc2cc3ccccc3nc2C1. The first-order valence-electron chi connectivity index (χ1n) is 11.3. The average molecular weight is 431 g/mol. The highest BCUT2D eigenvalue weighted by molar-refractivity contribution is 6.21. The minimum Gasteiger partial charge on any atom is -0.270 e. The Bertz CT molecular complexity index is 1390. The number of nitrogens with zero attached hydrogens (tertiary/aromatic N) is 2. The molecule has 2 atom stereocenters. The maximum absolute atomic E-state index is 13.4. The Labute approximate surface area is 192 Å². The van der Waals surface area contributed by atoms with E-state index in [1.54, 1.807) is 12.1 Å². The van der Waals surface area contributed by atoms with Crippen LogP contribution in [-0.2, 0) is 12.8 Å². The molecule has 1 aromatic heterocycles. The van der Waals surface area contributed by atoms with Crippen LogP contribution in [0.25, 0.3) is 17.0 Å². The molecule has 1 aliphatic heterocycles. The number of benzene rings is 3. The lowest BCUT2D eigenvalue weighted by molar-refractivity contribution is 0.0545. The van der Waals surface area contributed by atoms with Gasteiger partial charge in [0, 0.05) is 17.0 Å². The van der Waals surface area contributed by atoms with Gasteiger partial charge in [0.15, 0.2) is 0 Å². The second-order valence-corrected chi connectivity index (χ2v) is 8.73. The third kappa shape index (κ3) is 3.35. The first-order chi connectivity index (χ1) is 16.2. The van der Waals surface area contributed by atoms with Gasteiger partial charge in [0.25, 0.3) is 11.8 Å². The quantitative estimate of drug-likeness (QED) is 0.411. The molecule has 4 heteroatoms. The Morgan fingerprint density at radius 3 is 2.27 bits per heavy atom. The van der Waals surface area contributed by atoms with Gasteiger partial charge in [-0.2, -0.15) is 0 Å². The number of carbonyl (C=O) groups excluding carboxylic acids is 2. The van der Waals surface area contributed by atoms with Gasteiger partial charge in [-0.3, -0.25) is 19.5 Å². The number of carbonyl (C=O) groups is 2. The van der Waals surface area contributed by atoms with Crippen molar-refractivity contribution in [3.8, 4) is 0 Å². The lowest BCUT2D eigenvalue weighted by Crippen LogP contribution is -2.46. The fourth-order valence-electron chi connectivity index (χ4n) is 5.06. The van der Waals surface area contributed by atoms with Crippen LogP contribution in [0, 0.1) is 5.92 Å². The summed E-state index contributed by atoms with van der Waals surface area (Å²) in [7, 11) is 0. The molecule has 2 amide bonds. The molecule has 1 aliphatic carbocycles. The van der Waals surface area contributed by atoms with Crippen LogP contribution in [0.15, 0.2) is 91.0 Å². The van der Waals surface area contributed by atoms with Crippen molar-refractivity contribution in [2.45, 2.75) is 18.9 Å². The van der Waals surface area contributed by atoms with Gasteiger partial charge in [0.1, 0.15) is 0 Å². The number of fused-ring (bicyclic) bond motifs is 3. The summed E-state index contributed by atoms with van der Waals surface area (Å²) < 4.78 is 0. The largest absolute Gasteiger partial charge is 0.270 e. The molecule has 33 heavy (non-hydrogen) atoms. The van der Waals surface area contributed by atoms with Gasteiger partial charge < -0.3 is 0 Å². The summed E-state index contributed by atoms with van der Waals surface area (Å²) in [5.41, 5.74) is 5.16. The van der Waals surface area contributed by atoms with Crippen molar-refractivity contribution in [1.82, 2.24) is 9.88 Å². The number of amides is 2. The monoisotopic (exact) mass is 430 g/mol. The summed E-state index contributed by atoms with van der Waals surface area (Å²) in [6.07, 6.45) is 5.53. The van der Waals surface area contributed by atoms with E-state index in [0.29, 0.717) is 24.0 Å². The molecule has 2 aliphatic rings. The predicted octanol–water partition coefficient (Wildman–Crippen LogP) is 5.33. The molecule has 160 valence electrons. The van der Waals surface area contributed by atoms with Crippen molar-refractivity contribution < 1.29 is 9.59 Å². The molecule has 0 bridgehead atoms. The number of para-hydroxylation sites is 1. The highest BCUT2D eigenvalue weighted by atomic mass is 16.2. The van der Waals surface area contributed by atoms with Crippen molar-refractivity contribution in [3.63, 3.8) is 0 Å². The zero-order valence-corrected chi connectivity index (χ0v) is 18.0. The number of imide groups is 1. The van der Waals surface area contributed by atoms with Crippen LogP contribution in [0.3, 0.4) is 0 Å². The van der Waals surface area contributed by atoms with Crippen LogP contribution < -0.4 is 0 Å². The topological polar surface area (TPSA) is 50.3 Å². The van der Waals surface area contributed by atoms with Crippen LogP contribution in [-0.4, -0.2) is 27.7 Å². The van der Waals surface area contributed by atoms with E-state index in [1.165, 1.54) is 4.90 Å². The molecule has 6 rings (SSSR count). The van der Waals surface area contributed by atoms with E-state index >= 15 is 0 Å². The van der Waals surface area contributed by atoms with E-state index in [0.717, 1.165) is 27.7 Å². The number of aromatic nitrogens is 1. The van der Waals surface area contributed by atoms with E-state index in [-0.39, 0.29) is 23.8 Å². The van der Waals surface area contributed by atoms with Crippen molar-refractivity contribution in [1.29, 1.82) is 0 Å². The molecule has 0 saturated heterocycles. The summed E-state index contributed by atoms with van der Waals surface area (Å²) in [6, 6.07) is 27.2. The highest BCUT2D eigenvalue weighted by Crippen LogP contribution is 2.34. The van der Waals surface area contributed by atoms with Crippen LogP contribution in [0.4, 0.5) is 0 Å². The standard InChI is InChI=1S/C29H22N2O2/c32-28-23-11-5-6-12-24(23)29(33)31(28)27(16-19-8-2-1-3-9-19)22-15-14-21-17-20-10-4-7-13-25(20)30-26(21)18-22/h1-15,17,22,27H,16,18H2/t22-,27+/m0/s1. The molecule has 0 spiro atoms. The van der Waals surface area contributed by atoms with Crippen LogP contribution in [0.2, 0.25) is 0 Å². The summed E-state index contributed by atoms with van der Waals surface area (Å²) in [6.45, 7) is 0. The molecule has 0 unspecified atom stereocenters. The Balaban J connectivity index is 1.40. The Morgan fingerprint density at radius 1 is 0.848 bits per heavy atom. The number of rotatable bonds is 4. The number of hydrogen-bond donors (Lipinski definition) is 0. The van der Waals surface area contributed by atoms with Crippen molar-refractivity contribution >= 4 is 28.8 Å². The van der Waals surface area contributed by atoms with Gasteiger partial charge in [-0.15, -0.1) is 0 Å². The Morgan fingerprint density at radius 2 is 1.52 bits per heavy atom. The minimum absolute atomic E-state index is 0.0198. The highest BCUT2D eigenvalue weighted by Gasteiger charge is 2.42. The normalized spacial score (nSPS) is 17.8. The molecule has 0 N–H and O–H groups in total. The minimum atomic E-state index is -0.294. The Hall–Kier alpha value is -4.05. The van der Waals surface area contributed by atoms with E-state index in [9.17, 15) is 9.59 Å². The first kappa shape index (κ1) is 19.6. The van der Waals surface area contributed by atoms with Gasteiger partial charge in [0.2, 0.25) is 0 Å². The molecule has 4 nitrogen and oxygen atoms in total. The molecule has 2 heterocycles. The van der Waals surface area contributed by atoms with Crippen molar-refractivity contribution in [3.05, 3.63) is 119 Å². The predicted molar refractivity (Wildman–Crippen MR) is 129 cm³/mol. The van der Waals surface area contributed by atoms with E-state index < -0.39 is 0 Å². The molecular formula is C29H22N2O2. The summed E-state index contributed by atoms with van der Waals surface area (Å²) in [5.74, 6) is -0.432. The van der Waals surface area contributed by atoms with Gasteiger partial charge in [0.05, 0.1) is 22.7 Å². The van der Waals surface area contributed by atoms with Crippen LogP contribution in [0.5, 0.6) is 0 Å². The second-order valence-electron chi connectivity index (χ2n) is 8.73. The fraction of sp³-hybridized carbons (Fsp3) is 0.138. The lowest BCUT2D eigenvalue weighted by atomic mass is 9.83. The third-order valence-corrected chi connectivity index (χ3v) is 6.73. The first-order valence-corrected chi connectivity index (χ1v) is 11.3. The van der Waals surface area contributed by atoms with Gasteiger partial charge >= 0.3 is 0 Å². The maximum Gasteiger partial charge on any atom is 0.261 e. The number of hydrogen-bond acceptors (Lipinski definition) is 3. The van der Waals surface area contributed by atoms with Crippen molar-refractivity contribution in [2.24, 2.45) is 5.92 Å². The molecule has 3 aromatic carbocycles. The van der Waals surface area contributed by atoms with Crippen molar-refractivity contribution in [2.75, 3.05) is 0 Å². The van der Waals surface area contributed by atoms with Gasteiger partial charge in [-0.25, -0.2) is 0 Å².